The molecule has 3 aromatic rings. The van der Waals surface area contributed by atoms with Gasteiger partial charge in [0.2, 0.25) is 0 Å². The van der Waals surface area contributed by atoms with Crippen LogP contribution in [-0.4, -0.2) is 71.5 Å². The van der Waals surface area contributed by atoms with Crippen molar-refractivity contribution in [3.05, 3.63) is 59.6 Å². The molecule has 2 fully saturated rings. The van der Waals surface area contributed by atoms with Crippen LogP contribution in [0.3, 0.4) is 0 Å². The summed E-state index contributed by atoms with van der Waals surface area (Å²) in [7, 11) is 0. The van der Waals surface area contributed by atoms with Gasteiger partial charge in [-0.2, -0.15) is 0 Å². The maximum atomic E-state index is 13.2. The molecule has 0 saturated carbocycles. The van der Waals surface area contributed by atoms with Crippen LogP contribution in [-0.2, 0) is 4.79 Å². The highest BCUT2D eigenvalue weighted by Gasteiger charge is 2.33. The van der Waals surface area contributed by atoms with Gasteiger partial charge < -0.3 is 26.2 Å². The molecule has 0 unspecified atom stereocenters. The first kappa shape index (κ1) is 25.6. The molecular weight excluding hydrogens is 506 g/mol. The van der Waals surface area contributed by atoms with E-state index in [1.54, 1.807) is 23.1 Å². The molecule has 0 radical (unpaired) electrons. The zero-order valence-corrected chi connectivity index (χ0v) is 21.7. The van der Waals surface area contributed by atoms with Crippen molar-refractivity contribution in [3.8, 4) is 0 Å². The van der Waals surface area contributed by atoms with E-state index in [9.17, 15) is 14.4 Å². The molecule has 38 heavy (non-hydrogen) atoms. The predicted molar refractivity (Wildman–Crippen MR) is 148 cm³/mol. The minimum absolute atomic E-state index is 0.306. The van der Waals surface area contributed by atoms with Gasteiger partial charge in [0.1, 0.15) is 11.9 Å². The number of nitrogens with one attached hydrogen (secondary N) is 2. The lowest BCUT2D eigenvalue weighted by Crippen LogP contribution is -2.56. The Labute approximate surface area is 225 Å². The first-order valence-electron chi connectivity index (χ1n) is 12.7. The number of hydrogen-bond acceptors (Lipinski definition) is 6. The summed E-state index contributed by atoms with van der Waals surface area (Å²) < 4.78 is 0. The number of carbonyl (C=O) groups is 3. The van der Waals surface area contributed by atoms with Crippen LogP contribution in [0.5, 0.6) is 0 Å². The van der Waals surface area contributed by atoms with Crippen molar-refractivity contribution in [2.75, 3.05) is 48.7 Å². The smallest absolute Gasteiger partial charge is 0.328 e. The quantitative estimate of drug-likeness (QED) is 0.467. The number of imide groups is 1. The molecule has 10 nitrogen and oxygen atoms in total. The van der Waals surface area contributed by atoms with E-state index in [0.29, 0.717) is 62.1 Å². The highest BCUT2D eigenvalue weighted by molar-refractivity contribution is 6.31. The lowest BCUT2D eigenvalue weighted by molar-refractivity contribution is -0.129. The number of para-hydroxylation sites is 1. The molecule has 5 amide bonds. The third-order valence-electron chi connectivity index (χ3n) is 6.93. The van der Waals surface area contributed by atoms with Gasteiger partial charge in [0, 0.05) is 60.6 Å². The summed E-state index contributed by atoms with van der Waals surface area (Å²) in [6.45, 7) is 2.46. The van der Waals surface area contributed by atoms with Crippen LogP contribution in [0.1, 0.15) is 19.3 Å². The SMILES string of the molecule is Nc1cc(N2CCN(C(=O)N[C@H]3CCCCN(C(=O)Nc4ccccc4)C3=O)CC2)c2ccc(Cl)cc2n1. The van der Waals surface area contributed by atoms with Crippen molar-refractivity contribution in [2.24, 2.45) is 0 Å². The first-order valence-corrected chi connectivity index (χ1v) is 13.1. The highest BCUT2D eigenvalue weighted by atomic mass is 35.5. The average Bonchev–Trinajstić information content (AvgIpc) is 3.09. The highest BCUT2D eigenvalue weighted by Crippen LogP contribution is 2.30. The number of amides is 5. The third-order valence-corrected chi connectivity index (χ3v) is 7.17. The standard InChI is InChI=1S/C27H30ClN7O3/c28-18-9-10-20-22(16-18)31-24(29)17-23(20)33-12-14-34(15-13-33)26(37)32-21-8-4-5-11-35(25(21)36)27(38)30-19-6-2-1-3-7-19/h1-3,6-7,9-10,16-17,21H,4-5,8,11-15H2,(H2,29,31)(H,30,38)(H,32,37)/t21-/m0/s1. The third kappa shape index (κ3) is 5.60. The Bertz CT molecular complexity index is 1340. The molecule has 2 aliphatic rings. The van der Waals surface area contributed by atoms with E-state index in [0.717, 1.165) is 23.0 Å². The number of likely N-dealkylation sites (tertiary alicyclic amines) is 1. The number of piperazine rings is 1. The minimum Gasteiger partial charge on any atom is -0.384 e. The predicted octanol–water partition coefficient (Wildman–Crippen LogP) is 3.92. The van der Waals surface area contributed by atoms with Crippen LogP contribution < -0.4 is 21.3 Å². The summed E-state index contributed by atoms with van der Waals surface area (Å²) in [4.78, 5) is 48.6. The second-order valence-corrected chi connectivity index (χ2v) is 9.92. The average molecular weight is 536 g/mol. The Morgan fingerprint density at radius 3 is 2.47 bits per heavy atom. The van der Waals surface area contributed by atoms with Gasteiger partial charge in [0.15, 0.2) is 0 Å². The van der Waals surface area contributed by atoms with Crippen molar-refractivity contribution >= 4 is 57.7 Å². The summed E-state index contributed by atoms with van der Waals surface area (Å²) >= 11 is 6.13. The number of hydrogen-bond donors (Lipinski definition) is 3. The Morgan fingerprint density at radius 2 is 1.71 bits per heavy atom. The zero-order chi connectivity index (χ0) is 26.6. The van der Waals surface area contributed by atoms with Gasteiger partial charge in [-0.05, 0) is 49.6 Å². The summed E-state index contributed by atoms with van der Waals surface area (Å²) in [6.07, 6.45) is 1.91. The second-order valence-electron chi connectivity index (χ2n) is 9.49. The molecule has 5 rings (SSSR count). The van der Waals surface area contributed by atoms with E-state index >= 15 is 0 Å². The number of urea groups is 2. The number of fused-ring (bicyclic) bond motifs is 1. The van der Waals surface area contributed by atoms with Gasteiger partial charge in [0.05, 0.1) is 5.52 Å². The molecule has 4 N–H and O–H groups in total. The summed E-state index contributed by atoms with van der Waals surface area (Å²) in [5.41, 5.74) is 8.32. The van der Waals surface area contributed by atoms with E-state index in [4.69, 9.17) is 17.3 Å². The van der Waals surface area contributed by atoms with Crippen LogP contribution in [0.15, 0.2) is 54.6 Å². The van der Waals surface area contributed by atoms with E-state index in [-0.39, 0.29) is 11.9 Å². The van der Waals surface area contributed by atoms with Crippen molar-refractivity contribution in [1.29, 1.82) is 0 Å². The fraction of sp³-hybridized carbons (Fsp3) is 0.333. The lowest BCUT2D eigenvalue weighted by atomic mass is 10.1. The van der Waals surface area contributed by atoms with Gasteiger partial charge in [-0.3, -0.25) is 9.69 Å². The number of pyridine rings is 1. The van der Waals surface area contributed by atoms with Crippen molar-refractivity contribution < 1.29 is 14.4 Å². The zero-order valence-electron chi connectivity index (χ0n) is 20.9. The minimum atomic E-state index is -0.752. The van der Waals surface area contributed by atoms with E-state index in [1.807, 2.05) is 36.4 Å². The Balaban J connectivity index is 1.21. The number of halogens is 1. The van der Waals surface area contributed by atoms with Crippen LogP contribution in [0.4, 0.5) is 26.8 Å². The number of nitrogens with two attached hydrogens (primary N) is 1. The number of nitrogens with zero attached hydrogens (tertiary/aromatic N) is 4. The lowest BCUT2D eigenvalue weighted by Gasteiger charge is -2.37. The Morgan fingerprint density at radius 1 is 0.947 bits per heavy atom. The normalized spacial score (nSPS) is 18.3. The van der Waals surface area contributed by atoms with Crippen molar-refractivity contribution in [2.45, 2.75) is 25.3 Å². The summed E-state index contributed by atoms with van der Waals surface area (Å²) in [5, 5.41) is 7.18. The van der Waals surface area contributed by atoms with E-state index in [2.05, 4.69) is 20.5 Å². The van der Waals surface area contributed by atoms with Crippen LogP contribution in [0.2, 0.25) is 5.02 Å². The molecule has 2 aliphatic heterocycles. The Hall–Kier alpha value is -4.05. The van der Waals surface area contributed by atoms with Gasteiger partial charge in [-0.25, -0.2) is 14.6 Å². The molecule has 0 spiro atoms. The maximum Gasteiger partial charge on any atom is 0.328 e. The number of carbonyl (C=O) groups excluding carboxylic acids is 3. The number of aromatic nitrogens is 1. The van der Waals surface area contributed by atoms with Crippen molar-refractivity contribution in [1.82, 2.24) is 20.1 Å². The largest absolute Gasteiger partial charge is 0.384 e. The monoisotopic (exact) mass is 535 g/mol. The van der Waals surface area contributed by atoms with Gasteiger partial charge >= 0.3 is 12.1 Å². The molecule has 2 saturated heterocycles. The number of benzene rings is 2. The van der Waals surface area contributed by atoms with Gasteiger partial charge in [-0.1, -0.05) is 29.8 Å². The molecule has 1 atom stereocenters. The van der Waals surface area contributed by atoms with Crippen molar-refractivity contribution in [3.63, 3.8) is 0 Å². The molecule has 0 aliphatic carbocycles. The first-order chi connectivity index (χ1) is 18.4. The Kier molecular flexibility index (Phi) is 7.50. The summed E-state index contributed by atoms with van der Waals surface area (Å²) in [6, 6.07) is 14.8. The molecule has 1 aromatic heterocycles. The van der Waals surface area contributed by atoms with E-state index < -0.39 is 12.1 Å². The molecule has 0 bridgehead atoms. The number of nitrogen functional groups attached to an aromatic ring is 1. The fourth-order valence-electron chi connectivity index (χ4n) is 4.94. The number of anilines is 3. The summed E-state index contributed by atoms with van der Waals surface area (Å²) in [5.74, 6) is 0.0166. The molecule has 2 aromatic carbocycles. The van der Waals surface area contributed by atoms with Crippen LogP contribution in [0, 0.1) is 0 Å². The van der Waals surface area contributed by atoms with Crippen LogP contribution >= 0.6 is 11.6 Å². The van der Waals surface area contributed by atoms with E-state index in [1.165, 1.54) is 4.90 Å². The maximum absolute atomic E-state index is 13.2. The molecule has 198 valence electrons. The molecule has 11 heteroatoms. The topological polar surface area (TPSA) is 124 Å². The molecule has 3 heterocycles. The van der Waals surface area contributed by atoms with Gasteiger partial charge in [-0.15, -0.1) is 0 Å². The number of rotatable bonds is 3. The fourth-order valence-corrected chi connectivity index (χ4v) is 5.11. The van der Waals surface area contributed by atoms with Crippen LogP contribution in [0.25, 0.3) is 10.9 Å². The van der Waals surface area contributed by atoms with Gasteiger partial charge in [0.25, 0.3) is 5.91 Å². The molecular formula is C27H30ClN7O3. The second kappa shape index (κ2) is 11.1.